The molecule has 1 fully saturated rings. The summed E-state index contributed by atoms with van der Waals surface area (Å²) < 4.78 is 39.1. The average molecular weight is 391 g/mol. The van der Waals surface area contributed by atoms with Crippen LogP contribution in [0.25, 0.3) is 0 Å². The third kappa shape index (κ3) is 4.54. The summed E-state index contributed by atoms with van der Waals surface area (Å²) in [6, 6.07) is 12.5. The van der Waals surface area contributed by atoms with Gasteiger partial charge in [-0.3, -0.25) is 4.72 Å². The van der Waals surface area contributed by atoms with Crippen LogP contribution in [0.4, 0.5) is 11.4 Å². The summed E-state index contributed by atoms with van der Waals surface area (Å²) in [5, 5.41) is 0. The number of hydrogen-bond acceptors (Lipinski definition) is 5. The van der Waals surface area contributed by atoms with Crippen molar-refractivity contribution in [2.75, 3.05) is 43.0 Å². The van der Waals surface area contributed by atoms with Crippen molar-refractivity contribution in [3.63, 3.8) is 0 Å². The van der Waals surface area contributed by atoms with Crippen LogP contribution in [0.2, 0.25) is 0 Å². The van der Waals surface area contributed by atoms with Gasteiger partial charge in [-0.2, -0.15) is 0 Å². The number of hydrogen-bond donors (Lipinski definition) is 1. The van der Waals surface area contributed by atoms with Crippen LogP contribution in [0.15, 0.2) is 47.4 Å². The second kappa shape index (κ2) is 8.19. The maximum absolute atomic E-state index is 12.8. The van der Waals surface area contributed by atoms with E-state index in [1.54, 1.807) is 18.2 Å². The van der Waals surface area contributed by atoms with Crippen LogP contribution in [0, 0.1) is 0 Å². The van der Waals surface area contributed by atoms with E-state index in [4.69, 9.17) is 9.47 Å². The van der Waals surface area contributed by atoms with Crippen molar-refractivity contribution in [1.29, 1.82) is 0 Å². The zero-order valence-corrected chi connectivity index (χ0v) is 16.8. The molecule has 0 amide bonds. The molecule has 0 radical (unpaired) electrons. The molecule has 146 valence electrons. The van der Waals surface area contributed by atoms with E-state index in [1.165, 1.54) is 7.11 Å². The van der Waals surface area contributed by atoms with Crippen molar-refractivity contribution in [2.45, 2.75) is 24.7 Å². The molecule has 0 aliphatic carbocycles. The van der Waals surface area contributed by atoms with Gasteiger partial charge in [-0.15, -0.1) is 0 Å². The van der Waals surface area contributed by atoms with Crippen molar-refractivity contribution in [3.05, 3.63) is 48.0 Å². The van der Waals surface area contributed by atoms with E-state index < -0.39 is 10.0 Å². The lowest BCUT2D eigenvalue weighted by Gasteiger charge is -2.29. The molecule has 1 aliphatic rings. The van der Waals surface area contributed by atoms with Gasteiger partial charge in [0.2, 0.25) is 0 Å². The average Bonchev–Trinajstić information content (AvgIpc) is 2.68. The van der Waals surface area contributed by atoms with E-state index in [1.807, 2.05) is 24.3 Å². The molecule has 1 heterocycles. The molecule has 1 N–H and O–H groups in total. The highest BCUT2D eigenvalue weighted by molar-refractivity contribution is 7.92. The van der Waals surface area contributed by atoms with Crippen LogP contribution < -0.4 is 14.4 Å². The summed E-state index contributed by atoms with van der Waals surface area (Å²) >= 11 is 0. The topological polar surface area (TPSA) is 67.9 Å². The highest BCUT2D eigenvalue weighted by atomic mass is 32.2. The van der Waals surface area contributed by atoms with Gasteiger partial charge in [0.15, 0.2) is 0 Å². The normalized spacial score (nSPS) is 15.0. The van der Waals surface area contributed by atoms with E-state index >= 15 is 0 Å². The molecule has 1 aliphatic heterocycles. The summed E-state index contributed by atoms with van der Waals surface area (Å²) in [6.07, 6.45) is 0. The minimum absolute atomic E-state index is 0.228. The highest BCUT2D eigenvalue weighted by Gasteiger charge is 2.19. The first-order chi connectivity index (χ1) is 12.9. The molecule has 2 aromatic carbocycles. The van der Waals surface area contributed by atoms with Crippen molar-refractivity contribution in [1.82, 2.24) is 0 Å². The molecule has 3 rings (SSSR count). The van der Waals surface area contributed by atoms with Crippen molar-refractivity contribution < 1.29 is 17.9 Å². The number of nitrogens with one attached hydrogen (secondary N) is 1. The van der Waals surface area contributed by atoms with Crippen LogP contribution in [-0.4, -0.2) is 41.8 Å². The molecule has 0 bridgehead atoms. The summed E-state index contributed by atoms with van der Waals surface area (Å²) in [4.78, 5) is 2.39. The van der Waals surface area contributed by atoms with Crippen molar-refractivity contribution >= 4 is 21.4 Å². The van der Waals surface area contributed by atoms with Gasteiger partial charge >= 0.3 is 0 Å². The molecule has 6 nitrogen and oxygen atoms in total. The lowest BCUT2D eigenvalue weighted by atomic mass is 10.0. The van der Waals surface area contributed by atoms with E-state index in [-0.39, 0.29) is 4.90 Å². The van der Waals surface area contributed by atoms with Gasteiger partial charge in [-0.05, 0) is 41.8 Å². The molecule has 27 heavy (non-hydrogen) atoms. The van der Waals surface area contributed by atoms with E-state index in [9.17, 15) is 8.42 Å². The first-order valence-electron chi connectivity index (χ1n) is 9.04. The van der Waals surface area contributed by atoms with Crippen molar-refractivity contribution in [2.24, 2.45) is 0 Å². The predicted octanol–water partition coefficient (Wildman–Crippen LogP) is 3.46. The van der Waals surface area contributed by atoms with Gasteiger partial charge < -0.3 is 14.4 Å². The number of morpholine rings is 1. The molecule has 1 saturated heterocycles. The lowest BCUT2D eigenvalue weighted by molar-refractivity contribution is 0.122. The van der Waals surface area contributed by atoms with Crippen LogP contribution >= 0.6 is 0 Å². The van der Waals surface area contributed by atoms with E-state index in [2.05, 4.69) is 23.5 Å². The fraction of sp³-hybridized carbons (Fsp3) is 0.400. The van der Waals surface area contributed by atoms with Gasteiger partial charge in [-0.25, -0.2) is 8.42 Å². The third-order valence-electron chi connectivity index (χ3n) is 4.66. The summed E-state index contributed by atoms with van der Waals surface area (Å²) in [5.74, 6) is 0.828. The minimum atomic E-state index is -3.71. The summed E-state index contributed by atoms with van der Waals surface area (Å²) in [6.45, 7) is 7.02. The predicted molar refractivity (Wildman–Crippen MR) is 107 cm³/mol. The van der Waals surface area contributed by atoms with Gasteiger partial charge in [-0.1, -0.05) is 26.0 Å². The molecule has 7 heteroatoms. The minimum Gasteiger partial charge on any atom is -0.495 e. The quantitative estimate of drug-likeness (QED) is 0.818. The molecule has 0 unspecified atom stereocenters. The fourth-order valence-corrected chi connectivity index (χ4v) is 4.09. The second-order valence-electron chi connectivity index (χ2n) is 6.81. The molecule has 2 aromatic rings. The summed E-state index contributed by atoms with van der Waals surface area (Å²) in [5.41, 5.74) is 2.46. The first kappa shape index (κ1) is 19.5. The van der Waals surface area contributed by atoms with E-state index in [0.29, 0.717) is 30.6 Å². The van der Waals surface area contributed by atoms with Crippen molar-refractivity contribution in [3.8, 4) is 5.75 Å². The standard InChI is InChI=1S/C20H26N2O4S/c1-15(2)16-4-7-18(8-5-16)27(23,24)21-19-14-17(6-9-20(19)25-3)22-10-12-26-13-11-22/h4-9,14-15,21H,10-13H2,1-3H3. The number of ether oxygens (including phenoxy) is 2. The maximum Gasteiger partial charge on any atom is 0.262 e. The van der Waals surface area contributed by atoms with Gasteiger partial charge in [0.05, 0.1) is 30.9 Å². The van der Waals surface area contributed by atoms with Crippen LogP contribution in [-0.2, 0) is 14.8 Å². The molecule has 0 aromatic heterocycles. The number of rotatable bonds is 6. The Hall–Kier alpha value is -2.25. The third-order valence-corrected chi connectivity index (χ3v) is 6.04. The SMILES string of the molecule is COc1ccc(N2CCOCC2)cc1NS(=O)(=O)c1ccc(C(C)C)cc1. The van der Waals surface area contributed by atoms with Gasteiger partial charge in [0.25, 0.3) is 10.0 Å². The second-order valence-corrected chi connectivity index (χ2v) is 8.50. The fourth-order valence-electron chi connectivity index (χ4n) is 3.03. The highest BCUT2D eigenvalue weighted by Crippen LogP contribution is 2.32. The number of benzene rings is 2. The zero-order valence-electron chi connectivity index (χ0n) is 15.9. The van der Waals surface area contributed by atoms with E-state index in [0.717, 1.165) is 24.3 Å². The maximum atomic E-state index is 12.8. The zero-order chi connectivity index (χ0) is 19.4. The lowest BCUT2D eigenvalue weighted by Crippen LogP contribution is -2.36. The molecule has 0 saturated carbocycles. The Labute approximate surface area is 161 Å². The molecular formula is C20H26N2O4S. The Morgan fingerprint density at radius 2 is 1.74 bits per heavy atom. The van der Waals surface area contributed by atoms with Gasteiger partial charge in [0.1, 0.15) is 5.75 Å². The molecule has 0 spiro atoms. The largest absolute Gasteiger partial charge is 0.495 e. The van der Waals surface area contributed by atoms with Crippen LogP contribution in [0.1, 0.15) is 25.3 Å². The van der Waals surface area contributed by atoms with Crippen LogP contribution in [0.5, 0.6) is 5.75 Å². The van der Waals surface area contributed by atoms with Gasteiger partial charge in [0, 0.05) is 18.8 Å². The number of anilines is 2. The summed E-state index contributed by atoms with van der Waals surface area (Å²) in [7, 11) is -2.18. The smallest absolute Gasteiger partial charge is 0.262 e. The number of methoxy groups -OCH3 is 1. The Morgan fingerprint density at radius 3 is 2.33 bits per heavy atom. The Bertz CT molecular complexity index is 873. The molecular weight excluding hydrogens is 364 g/mol. The molecule has 0 atom stereocenters. The number of nitrogens with zero attached hydrogens (tertiary/aromatic N) is 1. The first-order valence-corrected chi connectivity index (χ1v) is 10.5. The Kier molecular flexibility index (Phi) is 5.92. The Morgan fingerprint density at radius 1 is 1.07 bits per heavy atom. The monoisotopic (exact) mass is 390 g/mol. The number of sulfonamides is 1. The Balaban J connectivity index is 1.88. The van der Waals surface area contributed by atoms with Crippen LogP contribution in [0.3, 0.4) is 0 Å².